The second-order valence-corrected chi connectivity index (χ2v) is 6.76. The minimum Gasteiger partial charge on any atom is -0.294 e. The minimum absolute atomic E-state index is 0.100. The third kappa shape index (κ3) is 3.49. The highest BCUT2D eigenvalue weighted by atomic mass is 16.1. The second kappa shape index (κ2) is 8.01. The molecular weight excluding hydrogens is 346 g/mol. The van der Waals surface area contributed by atoms with E-state index in [2.05, 4.69) is 29.0 Å². The Bertz CT molecular complexity index is 1090. The smallest absolute Gasteiger partial charge is 0.163 e. The number of hydrogen-bond donors (Lipinski definition) is 0. The van der Waals surface area contributed by atoms with E-state index in [-0.39, 0.29) is 17.7 Å². The molecule has 0 amide bonds. The van der Waals surface area contributed by atoms with E-state index >= 15 is 0 Å². The van der Waals surface area contributed by atoms with Crippen molar-refractivity contribution in [3.63, 3.8) is 0 Å². The van der Waals surface area contributed by atoms with Crippen molar-refractivity contribution < 1.29 is 4.79 Å². The van der Waals surface area contributed by atoms with E-state index in [0.717, 1.165) is 22.2 Å². The lowest BCUT2D eigenvalue weighted by Crippen LogP contribution is -2.20. The molecule has 0 aliphatic rings. The molecule has 1 aromatic heterocycles. The standard InChI is InChI=1S/C24H21N3O/c1-2-22(27-23-16-10-9-15-21(23)25-26-27)20(18-11-5-3-6-12-18)17-24(28)19-13-7-4-8-14-19/h2-16,20,22H,1,17H2. The summed E-state index contributed by atoms with van der Waals surface area (Å²) in [5, 5.41) is 8.66. The summed E-state index contributed by atoms with van der Waals surface area (Å²) in [5.74, 6) is 0.00207. The number of carbonyl (C=O) groups excluding carboxylic acids is 1. The van der Waals surface area contributed by atoms with Crippen LogP contribution in [0.1, 0.15) is 34.3 Å². The first-order valence-electron chi connectivity index (χ1n) is 9.33. The maximum Gasteiger partial charge on any atom is 0.163 e. The monoisotopic (exact) mass is 367 g/mol. The number of ketones is 1. The molecule has 0 saturated heterocycles. The highest BCUT2D eigenvalue weighted by Gasteiger charge is 2.27. The quantitative estimate of drug-likeness (QED) is 0.332. The van der Waals surface area contributed by atoms with Crippen molar-refractivity contribution in [2.24, 2.45) is 0 Å². The fraction of sp³-hybridized carbons (Fsp3) is 0.125. The van der Waals surface area contributed by atoms with E-state index in [0.29, 0.717) is 6.42 Å². The van der Waals surface area contributed by atoms with E-state index in [1.54, 1.807) is 0 Å². The fourth-order valence-corrected chi connectivity index (χ4v) is 3.62. The first-order valence-corrected chi connectivity index (χ1v) is 9.33. The van der Waals surface area contributed by atoms with Crippen molar-refractivity contribution in [2.45, 2.75) is 18.4 Å². The van der Waals surface area contributed by atoms with Gasteiger partial charge in [-0.2, -0.15) is 0 Å². The summed E-state index contributed by atoms with van der Waals surface area (Å²) in [6.07, 6.45) is 2.22. The highest BCUT2D eigenvalue weighted by Crippen LogP contribution is 2.35. The van der Waals surface area contributed by atoms with Crippen LogP contribution in [-0.4, -0.2) is 20.8 Å². The van der Waals surface area contributed by atoms with Gasteiger partial charge in [0.1, 0.15) is 5.52 Å². The summed E-state index contributed by atoms with van der Waals surface area (Å²) in [4.78, 5) is 13.0. The minimum atomic E-state index is -0.192. The third-order valence-corrected chi connectivity index (χ3v) is 5.04. The first-order chi connectivity index (χ1) is 13.8. The van der Waals surface area contributed by atoms with Crippen LogP contribution >= 0.6 is 0 Å². The van der Waals surface area contributed by atoms with Gasteiger partial charge in [0.25, 0.3) is 0 Å². The van der Waals surface area contributed by atoms with Gasteiger partial charge in [0.15, 0.2) is 5.78 Å². The summed E-state index contributed by atoms with van der Waals surface area (Å²) in [5.41, 5.74) is 3.56. The molecule has 2 unspecified atom stereocenters. The summed E-state index contributed by atoms with van der Waals surface area (Å²) < 4.78 is 1.87. The van der Waals surface area contributed by atoms with Crippen molar-refractivity contribution in [1.82, 2.24) is 15.0 Å². The topological polar surface area (TPSA) is 47.8 Å². The molecule has 4 aromatic rings. The summed E-state index contributed by atoms with van der Waals surface area (Å²) in [6.45, 7) is 4.05. The molecule has 0 fully saturated rings. The van der Waals surface area contributed by atoms with Gasteiger partial charge in [-0.1, -0.05) is 84.1 Å². The van der Waals surface area contributed by atoms with Crippen molar-refractivity contribution in [3.8, 4) is 0 Å². The molecule has 0 spiro atoms. The lowest BCUT2D eigenvalue weighted by atomic mass is 9.85. The van der Waals surface area contributed by atoms with Crippen molar-refractivity contribution in [3.05, 3.63) is 109 Å². The predicted molar refractivity (Wildman–Crippen MR) is 111 cm³/mol. The molecule has 2 atom stereocenters. The van der Waals surface area contributed by atoms with Crippen LogP contribution in [0.2, 0.25) is 0 Å². The van der Waals surface area contributed by atoms with E-state index in [4.69, 9.17) is 0 Å². The van der Waals surface area contributed by atoms with Crippen LogP contribution < -0.4 is 0 Å². The van der Waals surface area contributed by atoms with Crippen LogP contribution in [0, 0.1) is 0 Å². The number of carbonyl (C=O) groups is 1. The zero-order valence-electron chi connectivity index (χ0n) is 15.5. The van der Waals surface area contributed by atoms with E-state index in [1.165, 1.54) is 0 Å². The van der Waals surface area contributed by atoms with Crippen LogP contribution in [0.15, 0.2) is 97.6 Å². The first kappa shape index (κ1) is 17.9. The Morgan fingerprint density at radius 1 is 0.929 bits per heavy atom. The fourth-order valence-electron chi connectivity index (χ4n) is 3.62. The van der Waals surface area contributed by atoms with E-state index in [9.17, 15) is 4.79 Å². The van der Waals surface area contributed by atoms with E-state index < -0.39 is 0 Å². The molecule has 28 heavy (non-hydrogen) atoms. The summed E-state index contributed by atoms with van der Waals surface area (Å²) in [7, 11) is 0. The highest BCUT2D eigenvalue weighted by molar-refractivity contribution is 5.96. The number of nitrogens with zero attached hydrogens (tertiary/aromatic N) is 3. The average molecular weight is 367 g/mol. The number of aromatic nitrogens is 3. The molecule has 0 aliphatic carbocycles. The molecule has 0 bridgehead atoms. The molecule has 1 heterocycles. The molecule has 4 heteroatoms. The normalized spacial score (nSPS) is 13.1. The Morgan fingerprint density at radius 2 is 1.57 bits per heavy atom. The molecule has 4 nitrogen and oxygen atoms in total. The Morgan fingerprint density at radius 3 is 2.29 bits per heavy atom. The van der Waals surface area contributed by atoms with Gasteiger partial charge < -0.3 is 0 Å². The van der Waals surface area contributed by atoms with Crippen molar-refractivity contribution in [1.29, 1.82) is 0 Å². The number of benzene rings is 3. The van der Waals surface area contributed by atoms with Gasteiger partial charge in [0.2, 0.25) is 0 Å². The van der Waals surface area contributed by atoms with Crippen LogP contribution in [0.25, 0.3) is 11.0 Å². The Hall–Kier alpha value is -3.53. The number of Topliss-reactive ketones (excluding diaryl/α,β-unsaturated/α-hetero) is 1. The predicted octanol–water partition coefficient (Wildman–Crippen LogP) is 5.22. The van der Waals surface area contributed by atoms with Crippen molar-refractivity contribution in [2.75, 3.05) is 0 Å². The van der Waals surface area contributed by atoms with Gasteiger partial charge in [0, 0.05) is 17.9 Å². The van der Waals surface area contributed by atoms with E-state index in [1.807, 2.05) is 83.6 Å². The number of rotatable bonds is 7. The van der Waals surface area contributed by atoms with Crippen molar-refractivity contribution >= 4 is 16.8 Å². The third-order valence-electron chi connectivity index (χ3n) is 5.04. The average Bonchev–Trinajstić information content (AvgIpc) is 3.19. The molecule has 4 rings (SSSR count). The SMILES string of the molecule is C=CC(C(CC(=O)c1ccccc1)c1ccccc1)n1nnc2ccccc21. The largest absolute Gasteiger partial charge is 0.294 e. The molecule has 0 saturated carbocycles. The molecule has 3 aromatic carbocycles. The van der Waals surface area contributed by atoms with Crippen LogP contribution in [-0.2, 0) is 0 Å². The number of hydrogen-bond acceptors (Lipinski definition) is 3. The molecule has 0 N–H and O–H groups in total. The number of fused-ring (bicyclic) bond motifs is 1. The Kier molecular flexibility index (Phi) is 5.11. The van der Waals surface area contributed by atoms with Gasteiger partial charge in [-0.3, -0.25) is 4.79 Å². The number of para-hydroxylation sites is 1. The lowest BCUT2D eigenvalue weighted by Gasteiger charge is -2.25. The molecule has 138 valence electrons. The summed E-state index contributed by atoms with van der Waals surface area (Å²) >= 11 is 0. The van der Waals surface area contributed by atoms with Crippen LogP contribution in [0.3, 0.4) is 0 Å². The van der Waals surface area contributed by atoms with Crippen LogP contribution in [0.5, 0.6) is 0 Å². The number of allylic oxidation sites excluding steroid dienone is 1. The van der Waals surface area contributed by atoms with Gasteiger partial charge in [-0.05, 0) is 17.7 Å². The van der Waals surface area contributed by atoms with Gasteiger partial charge in [-0.15, -0.1) is 11.7 Å². The Balaban J connectivity index is 1.75. The van der Waals surface area contributed by atoms with Gasteiger partial charge in [-0.25, -0.2) is 4.68 Å². The second-order valence-electron chi connectivity index (χ2n) is 6.76. The zero-order chi connectivity index (χ0) is 19.3. The lowest BCUT2D eigenvalue weighted by molar-refractivity contribution is 0.0967. The van der Waals surface area contributed by atoms with Gasteiger partial charge in [0.05, 0.1) is 11.6 Å². The van der Waals surface area contributed by atoms with Gasteiger partial charge >= 0.3 is 0 Å². The van der Waals surface area contributed by atoms with Crippen LogP contribution in [0.4, 0.5) is 0 Å². The molecule has 0 aliphatic heterocycles. The maximum absolute atomic E-state index is 13.0. The maximum atomic E-state index is 13.0. The Labute approximate surface area is 164 Å². The molecule has 0 radical (unpaired) electrons. The summed E-state index contributed by atoms with van der Waals surface area (Å²) in [6, 6.07) is 27.1. The zero-order valence-corrected chi connectivity index (χ0v) is 15.5. The molecular formula is C24H21N3O.